The predicted octanol–water partition coefficient (Wildman–Crippen LogP) is 1.46. The molecule has 94 valence electrons. The summed E-state index contributed by atoms with van der Waals surface area (Å²) in [6.45, 7) is 3.09. The Morgan fingerprint density at radius 1 is 1.50 bits per heavy atom. The maximum absolute atomic E-state index is 9.20. The third-order valence-electron chi connectivity index (χ3n) is 3.89. The fourth-order valence-corrected chi connectivity index (χ4v) is 2.82. The molecule has 0 radical (unpaired) electrons. The van der Waals surface area contributed by atoms with Crippen LogP contribution in [0.2, 0.25) is 0 Å². The van der Waals surface area contributed by atoms with Gasteiger partial charge in [-0.2, -0.15) is 5.26 Å². The molecule has 1 aromatic rings. The zero-order valence-electron chi connectivity index (χ0n) is 10.5. The molecular weight excluding hydrogens is 224 g/mol. The number of aryl methyl sites for hydroxylation is 2. The van der Waals surface area contributed by atoms with Crippen molar-refractivity contribution in [3.63, 3.8) is 0 Å². The summed E-state index contributed by atoms with van der Waals surface area (Å²) in [4.78, 5) is 4.63. The molecule has 1 unspecified atom stereocenters. The minimum atomic E-state index is 0.659. The fraction of sp³-hybridized carbons (Fsp3) is 0.571. The summed E-state index contributed by atoms with van der Waals surface area (Å²) < 4.78 is 0. The first-order chi connectivity index (χ1) is 8.86. The van der Waals surface area contributed by atoms with E-state index in [1.54, 1.807) is 0 Å². The van der Waals surface area contributed by atoms with E-state index in [1.165, 1.54) is 24.1 Å². The van der Waals surface area contributed by atoms with Crippen LogP contribution in [0.4, 0.5) is 5.82 Å². The summed E-state index contributed by atoms with van der Waals surface area (Å²) in [5.74, 6) is 1.44. The normalized spacial score (nSPS) is 21.6. The van der Waals surface area contributed by atoms with E-state index in [1.807, 2.05) is 6.07 Å². The Labute approximate surface area is 107 Å². The highest BCUT2D eigenvalue weighted by Gasteiger charge is 2.18. The predicted molar refractivity (Wildman–Crippen MR) is 70.4 cm³/mol. The fourth-order valence-electron chi connectivity index (χ4n) is 2.82. The van der Waals surface area contributed by atoms with Crippen molar-refractivity contribution in [1.29, 1.82) is 5.26 Å². The zero-order chi connectivity index (χ0) is 12.4. The number of hydrogen-bond donors (Lipinski definition) is 2. The number of pyridine rings is 1. The molecule has 18 heavy (non-hydrogen) atoms. The molecule has 1 aromatic heterocycles. The van der Waals surface area contributed by atoms with Gasteiger partial charge < -0.3 is 10.6 Å². The second-order valence-corrected chi connectivity index (χ2v) is 5.20. The first-order valence-corrected chi connectivity index (χ1v) is 6.74. The van der Waals surface area contributed by atoms with Gasteiger partial charge in [0.25, 0.3) is 0 Å². The Morgan fingerprint density at radius 2 is 2.44 bits per heavy atom. The Kier molecular flexibility index (Phi) is 3.16. The zero-order valence-corrected chi connectivity index (χ0v) is 10.5. The van der Waals surface area contributed by atoms with Crippen LogP contribution >= 0.6 is 0 Å². The van der Waals surface area contributed by atoms with E-state index >= 15 is 0 Å². The Balaban J connectivity index is 1.76. The summed E-state index contributed by atoms with van der Waals surface area (Å²) in [5.41, 5.74) is 3.14. The van der Waals surface area contributed by atoms with Gasteiger partial charge in [-0.3, -0.25) is 0 Å². The highest BCUT2D eigenvalue weighted by atomic mass is 15.0. The van der Waals surface area contributed by atoms with Crippen molar-refractivity contribution in [3.8, 4) is 6.07 Å². The van der Waals surface area contributed by atoms with Crippen LogP contribution in [-0.2, 0) is 12.8 Å². The third kappa shape index (κ3) is 2.19. The van der Waals surface area contributed by atoms with Gasteiger partial charge in [-0.25, -0.2) is 4.98 Å². The van der Waals surface area contributed by atoms with Crippen molar-refractivity contribution in [3.05, 3.63) is 22.9 Å². The van der Waals surface area contributed by atoms with Crippen molar-refractivity contribution in [2.24, 2.45) is 5.92 Å². The average Bonchev–Trinajstić information content (AvgIpc) is 3.05. The van der Waals surface area contributed by atoms with Gasteiger partial charge in [0.1, 0.15) is 11.9 Å². The van der Waals surface area contributed by atoms with Crippen molar-refractivity contribution < 1.29 is 0 Å². The molecule has 0 saturated carbocycles. The maximum Gasteiger partial charge on any atom is 0.144 e. The van der Waals surface area contributed by atoms with E-state index in [0.29, 0.717) is 11.5 Å². The van der Waals surface area contributed by atoms with Crippen LogP contribution in [0.15, 0.2) is 6.07 Å². The van der Waals surface area contributed by atoms with E-state index < -0.39 is 0 Å². The molecule has 4 heteroatoms. The van der Waals surface area contributed by atoms with E-state index in [-0.39, 0.29) is 0 Å². The number of fused-ring (bicyclic) bond motifs is 1. The van der Waals surface area contributed by atoms with Crippen LogP contribution in [0.25, 0.3) is 0 Å². The second kappa shape index (κ2) is 4.95. The number of rotatable bonds is 3. The molecule has 1 aliphatic heterocycles. The van der Waals surface area contributed by atoms with Crippen LogP contribution in [-0.4, -0.2) is 24.6 Å². The number of hydrogen-bond acceptors (Lipinski definition) is 4. The first kappa shape index (κ1) is 11.5. The average molecular weight is 242 g/mol. The van der Waals surface area contributed by atoms with Crippen LogP contribution in [0, 0.1) is 17.2 Å². The molecule has 1 aliphatic carbocycles. The van der Waals surface area contributed by atoms with Gasteiger partial charge in [0.2, 0.25) is 0 Å². The monoisotopic (exact) mass is 242 g/mol. The number of nitriles is 1. The summed E-state index contributed by atoms with van der Waals surface area (Å²) in [6.07, 6.45) is 4.51. The number of anilines is 1. The van der Waals surface area contributed by atoms with E-state index in [4.69, 9.17) is 0 Å². The lowest BCUT2D eigenvalue weighted by molar-refractivity contribution is 0.614. The Hall–Kier alpha value is -1.60. The van der Waals surface area contributed by atoms with Gasteiger partial charge in [0.15, 0.2) is 0 Å². The van der Waals surface area contributed by atoms with Gasteiger partial charge in [0, 0.05) is 12.2 Å². The molecule has 0 spiro atoms. The number of nitrogens with zero attached hydrogens (tertiary/aromatic N) is 2. The van der Waals surface area contributed by atoms with Crippen LogP contribution in [0.3, 0.4) is 0 Å². The highest BCUT2D eigenvalue weighted by Crippen LogP contribution is 2.25. The summed E-state index contributed by atoms with van der Waals surface area (Å²) >= 11 is 0. The van der Waals surface area contributed by atoms with Gasteiger partial charge >= 0.3 is 0 Å². The molecule has 2 heterocycles. The summed E-state index contributed by atoms with van der Waals surface area (Å²) in [5, 5.41) is 15.9. The van der Waals surface area contributed by atoms with Gasteiger partial charge in [0.05, 0.1) is 5.56 Å². The molecule has 0 aromatic carbocycles. The van der Waals surface area contributed by atoms with Gasteiger partial charge in [-0.1, -0.05) is 0 Å². The molecule has 3 rings (SSSR count). The largest absolute Gasteiger partial charge is 0.369 e. The van der Waals surface area contributed by atoms with E-state index in [2.05, 4.69) is 21.7 Å². The van der Waals surface area contributed by atoms with Crippen LogP contribution < -0.4 is 10.6 Å². The minimum Gasteiger partial charge on any atom is -0.369 e. The molecule has 1 atom stereocenters. The molecular formula is C14H18N4. The van der Waals surface area contributed by atoms with Crippen LogP contribution in [0.5, 0.6) is 0 Å². The van der Waals surface area contributed by atoms with Crippen molar-refractivity contribution in [2.75, 3.05) is 25.0 Å². The number of nitrogens with one attached hydrogen (secondary N) is 2. The molecule has 1 saturated heterocycles. The minimum absolute atomic E-state index is 0.659. The van der Waals surface area contributed by atoms with Crippen molar-refractivity contribution >= 4 is 5.82 Å². The maximum atomic E-state index is 9.20. The lowest BCUT2D eigenvalue weighted by Gasteiger charge is -2.13. The van der Waals surface area contributed by atoms with E-state index in [0.717, 1.165) is 38.3 Å². The Bertz CT molecular complexity index is 483. The lowest BCUT2D eigenvalue weighted by atomic mass is 10.1. The SMILES string of the molecule is N#Cc1cc2c(nc1NCC1CCNC1)CCC2. The van der Waals surface area contributed by atoms with Crippen molar-refractivity contribution in [2.45, 2.75) is 25.7 Å². The lowest BCUT2D eigenvalue weighted by Crippen LogP contribution is -2.18. The number of aromatic nitrogens is 1. The Morgan fingerprint density at radius 3 is 3.22 bits per heavy atom. The summed E-state index contributed by atoms with van der Waals surface area (Å²) in [7, 11) is 0. The van der Waals surface area contributed by atoms with Crippen molar-refractivity contribution in [1.82, 2.24) is 10.3 Å². The summed E-state index contributed by atoms with van der Waals surface area (Å²) in [6, 6.07) is 4.28. The van der Waals surface area contributed by atoms with E-state index in [9.17, 15) is 5.26 Å². The standard InChI is InChI=1S/C14H18N4/c15-7-12-6-11-2-1-3-13(11)18-14(12)17-9-10-4-5-16-8-10/h6,10,16H,1-5,8-9H2,(H,17,18). The topological polar surface area (TPSA) is 60.7 Å². The smallest absolute Gasteiger partial charge is 0.144 e. The van der Waals surface area contributed by atoms with Gasteiger partial charge in [-0.15, -0.1) is 0 Å². The van der Waals surface area contributed by atoms with Gasteiger partial charge in [-0.05, 0) is 56.3 Å². The first-order valence-electron chi connectivity index (χ1n) is 6.74. The molecule has 2 N–H and O–H groups in total. The third-order valence-corrected chi connectivity index (χ3v) is 3.89. The molecule has 2 aliphatic rings. The molecule has 0 amide bonds. The highest BCUT2D eigenvalue weighted by molar-refractivity contribution is 5.55. The molecule has 4 nitrogen and oxygen atoms in total. The van der Waals surface area contributed by atoms with Crippen LogP contribution in [0.1, 0.15) is 29.7 Å². The quantitative estimate of drug-likeness (QED) is 0.842. The molecule has 1 fully saturated rings. The molecule has 0 bridgehead atoms. The second-order valence-electron chi connectivity index (χ2n) is 5.20.